The summed E-state index contributed by atoms with van der Waals surface area (Å²) in [4.78, 5) is 43.7. The van der Waals surface area contributed by atoms with Gasteiger partial charge < -0.3 is 16.0 Å². The van der Waals surface area contributed by atoms with Gasteiger partial charge in [0.25, 0.3) is 5.69 Å². The lowest BCUT2D eigenvalue weighted by atomic mass is 10.2. The first-order valence-corrected chi connectivity index (χ1v) is 6.46. The molecular formula is C12H13ClN4O5. The highest BCUT2D eigenvalue weighted by Crippen LogP contribution is 2.27. The van der Waals surface area contributed by atoms with E-state index in [0.717, 1.165) is 6.07 Å². The molecule has 10 heteroatoms. The van der Waals surface area contributed by atoms with Crippen LogP contribution in [0.25, 0.3) is 0 Å². The van der Waals surface area contributed by atoms with Crippen LogP contribution in [0.5, 0.6) is 0 Å². The number of nitrogens with zero attached hydrogens (tertiary/aromatic N) is 1. The summed E-state index contributed by atoms with van der Waals surface area (Å²) in [5.41, 5.74) is -0.316. The van der Waals surface area contributed by atoms with Crippen molar-refractivity contribution in [2.24, 2.45) is 0 Å². The molecule has 0 fully saturated rings. The van der Waals surface area contributed by atoms with E-state index in [9.17, 15) is 24.5 Å². The fraction of sp³-hybridized carbons (Fsp3) is 0.250. The van der Waals surface area contributed by atoms with Crippen molar-refractivity contribution in [3.8, 4) is 0 Å². The Bertz CT molecular complexity index is 620. The number of nitro groups is 1. The topological polar surface area (TPSA) is 130 Å². The molecule has 22 heavy (non-hydrogen) atoms. The van der Waals surface area contributed by atoms with Gasteiger partial charge in [0.1, 0.15) is 5.02 Å². The van der Waals surface area contributed by atoms with Gasteiger partial charge in [-0.2, -0.15) is 0 Å². The van der Waals surface area contributed by atoms with E-state index in [2.05, 4.69) is 16.0 Å². The van der Waals surface area contributed by atoms with Gasteiger partial charge in [0.15, 0.2) is 0 Å². The average molecular weight is 329 g/mol. The first-order chi connectivity index (χ1) is 10.3. The summed E-state index contributed by atoms with van der Waals surface area (Å²) in [6, 6.07) is 3.62. The minimum atomic E-state index is -0.987. The third-order valence-corrected chi connectivity index (χ3v) is 2.71. The number of hydrogen-bond acceptors (Lipinski definition) is 5. The summed E-state index contributed by atoms with van der Waals surface area (Å²) in [7, 11) is 0. The fourth-order valence-corrected chi connectivity index (χ4v) is 1.60. The quantitative estimate of drug-likeness (QED) is 0.312. The molecule has 0 radical (unpaired) electrons. The molecule has 118 valence electrons. The molecule has 9 nitrogen and oxygen atoms in total. The van der Waals surface area contributed by atoms with Crippen LogP contribution in [0.15, 0.2) is 18.2 Å². The Morgan fingerprint density at radius 3 is 2.41 bits per heavy atom. The fourth-order valence-electron chi connectivity index (χ4n) is 1.41. The molecule has 0 aromatic heterocycles. The van der Waals surface area contributed by atoms with E-state index in [1.165, 1.54) is 19.1 Å². The Morgan fingerprint density at radius 2 is 1.82 bits per heavy atom. The maximum Gasteiger partial charge on any atom is 0.313 e. The van der Waals surface area contributed by atoms with E-state index in [1.54, 1.807) is 0 Å². The molecule has 0 aliphatic rings. The highest BCUT2D eigenvalue weighted by Gasteiger charge is 2.17. The molecule has 0 atom stereocenters. The normalized spacial score (nSPS) is 9.73. The summed E-state index contributed by atoms with van der Waals surface area (Å²) in [6.45, 7) is 1.58. The van der Waals surface area contributed by atoms with Crippen LogP contribution in [0, 0.1) is 10.1 Å². The van der Waals surface area contributed by atoms with Crippen LogP contribution in [0.1, 0.15) is 6.92 Å². The largest absolute Gasteiger partial charge is 0.355 e. The van der Waals surface area contributed by atoms with Gasteiger partial charge >= 0.3 is 11.8 Å². The van der Waals surface area contributed by atoms with E-state index in [-0.39, 0.29) is 35.4 Å². The van der Waals surface area contributed by atoms with Crippen LogP contribution < -0.4 is 16.0 Å². The van der Waals surface area contributed by atoms with E-state index in [4.69, 9.17) is 11.6 Å². The van der Waals surface area contributed by atoms with E-state index in [1.807, 2.05) is 0 Å². The summed E-state index contributed by atoms with van der Waals surface area (Å²) in [6.07, 6.45) is 0. The number of hydrogen-bond donors (Lipinski definition) is 3. The highest BCUT2D eigenvalue weighted by molar-refractivity contribution is 6.39. The van der Waals surface area contributed by atoms with Gasteiger partial charge in [-0.1, -0.05) is 11.6 Å². The van der Waals surface area contributed by atoms with Crippen LogP contribution in [-0.2, 0) is 14.4 Å². The van der Waals surface area contributed by atoms with Crippen molar-refractivity contribution in [3.63, 3.8) is 0 Å². The zero-order valence-electron chi connectivity index (χ0n) is 11.5. The Kier molecular flexibility index (Phi) is 6.26. The van der Waals surface area contributed by atoms with Crippen LogP contribution >= 0.6 is 11.6 Å². The summed E-state index contributed by atoms with van der Waals surface area (Å²) < 4.78 is 0. The second-order valence-corrected chi connectivity index (χ2v) is 4.52. The average Bonchev–Trinajstić information content (AvgIpc) is 2.44. The van der Waals surface area contributed by atoms with Crippen LogP contribution in [-0.4, -0.2) is 35.7 Å². The third kappa shape index (κ3) is 5.37. The van der Waals surface area contributed by atoms with Gasteiger partial charge in [-0.25, -0.2) is 0 Å². The first-order valence-electron chi connectivity index (χ1n) is 6.09. The van der Waals surface area contributed by atoms with Crippen LogP contribution in [0.3, 0.4) is 0 Å². The molecule has 0 bridgehead atoms. The predicted molar refractivity (Wildman–Crippen MR) is 78.4 cm³/mol. The molecule has 3 N–H and O–H groups in total. The minimum Gasteiger partial charge on any atom is -0.355 e. The molecule has 3 amide bonds. The molecule has 0 saturated heterocycles. The van der Waals surface area contributed by atoms with Crippen molar-refractivity contribution in [2.45, 2.75) is 6.92 Å². The number of nitro benzene ring substituents is 1. The standard InChI is InChI=1S/C12H13ClN4O5/c1-7(18)14-4-5-15-11(19)12(20)16-8-2-3-9(13)10(6-8)17(21)22/h2-3,6H,4-5H2,1H3,(H,14,18)(H,15,19)(H,16,20). The molecule has 1 aromatic carbocycles. The molecule has 1 aromatic rings. The van der Waals surface area contributed by atoms with Crippen LogP contribution in [0.2, 0.25) is 5.02 Å². The molecule has 0 saturated carbocycles. The zero-order valence-corrected chi connectivity index (χ0v) is 12.3. The molecule has 1 rings (SSSR count). The third-order valence-electron chi connectivity index (χ3n) is 2.39. The number of halogens is 1. The smallest absolute Gasteiger partial charge is 0.313 e. The molecule has 0 aliphatic carbocycles. The Labute approximate surface area is 130 Å². The van der Waals surface area contributed by atoms with Gasteiger partial charge in [0.05, 0.1) is 4.92 Å². The lowest BCUT2D eigenvalue weighted by molar-refractivity contribution is -0.384. The second-order valence-electron chi connectivity index (χ2n) is 4.12. The van der Waals surface area contributed by atoms with E-state index in [0.29, 0.717) is 0 Å². The van der Waals surface area contributed by atoms with Gasteiger partial charge in [0.2, 0.25) is 5.91 Å². The Balaban J connectivity index is 2.57. The lowest BCUT2D eigenvalue weighted by Crippen LogP contribution is -2.39. The number of amides is 3. The van der Waals surface area contributed by atoms with Crippen molar-refractivity contribution in [2.75, 3.05) is 18.4 Å². The van der Waals surface area contributed by atoms with Gasteiger partial charge in [-0.05, 0) is 12.1 Å². The summed E-state index contributed by atoms with van der Waals surface area (Å²) >= 11 is 5.63. The number of anilines is 1. The number of carbonyl (C=O) groups excluding carboxylic acids is 3. The van der Waals surface area contributed by atoms with Gasteiger partial charge in [0, 0.05) is 31.8 Å². The maximum absolute atomic E-state index is 11.6. The number of rotatable bonds is 5. The molecular weight excluding hydrogens is 316 g/mol. The minimum absolute atomic E-state index is 0.0677. The highest BCUT2D eigenvalue weighted by atomic mass is 35.5. The predicted octanol–water partition coefficient (Wildman–Crippen LogP) is 0.439. The van der Waals surface area contributed by atoms with Crippen LogP contribution in [0.4, 0.5) is 11.4 Å². The number of nitrogens with one attached hydrogen (secondary N) is 3. The SMILES string of the molecule is CC(=O)NCCNC(=O)C(=O)Nc1ccc(Cl)c([N+](=O)[O-])c1. The molecule has 0 spiro atoms. The Morgan fingerprint density at radius 1 is 1.18 bits per heavy atom. The summed E-state index contributed by atoms with van der Waals surface area (Å²) in [5.74, 6) is -2.17. The van der Waals surface area contributed by atoms with E-state index < -0.39 is 16.7 Å². The van der Waals surface area contributed by atoms with Crippen molar-refractivity contribution in [3.05, 3.63) is 33.3 Å². The van der Waals surface area contributed by atoms with Crippen molar-refractivity contribution < 1.29 is 19.3 Å². The first kappa shape index (κ1) is 17.4. The Hall–Kier alpha value is -2.68. The monoisotopic (exact) mass is 328 g/mol. The van der Waals surface area contributed by atoms with Gasteiger partial charge in [-0.3, -0.25) is 24.5 Å². The molecule has 0 aliphatic heterocycles. The summed E-state index contributed by atoms with van der Waals surface area (Å²) in [5, 5.41) is 17.6. The van der Waals surface area contributed by atoms with Crippen molar-refractivity contribution >= 4 is 40.7 Å². The lowest BCUT2D eigenvalue weighted by Gasteiger charge is -2.07. The van der Waals surface area contributed by atoms with Gasteiger partial charge in [-0.15, -0.1) is 0 Å². The van der Waals surface area contributed by atoms with Crippen molar-refractivity contribution in [1.29, 1.82) is 0 Å². The number of carbonyl (C=O) groups is 3. The maximum atomic E-state index is 11.6. The van der Waals surface area contributed by atoms with E-state index >= 15 is 0 Å². The van der Waals surface area contributed by atoms with Crippen molar-refractivity contribution in [1.82, 2.24) is 10.6 Å². The zero-order chi connectivity index (χ0) is 16.7. The second kappa shape index (κ2) is 7.93. The number of benzene rings is 1. The molecule has 0 unspecified atom stereocenters. The molecule has 0 heterocycles.